The highest BCUT2D eigenvalue weighted by atomic mass is 32.2. The summed E-state index contributed by atoms with van der Waals surface area (Å²) in [6.07, 6.45) is 0.836. The van der Waals surface area contributed by atoms with Crippen LogP contribution < -0.4 is 5.32 Å². The van der Waals surface area contributed by atoms with Crippen molar-refractivity contribution in [2.75, 3.05) is 32.8 Å². The molecule has 180 valence electrons. The summed E-state index contributed by atoms with van der Waals surface area (Å²) < 4.78 is 32.0. The van der Waals surface area contributed by atoms with Gasteiger partial charge in [0.15, 0.2) is 0 Å². The number of carbonyl (C=O) groups is 2. The number of rotatable bonds is 8. The van der Waals surface area contributed by atoms with Gasteiger partial charge in [0.25, 0.3) is 0 Å². The molecule has 0 aromatic heterocycles. The third-order valence-electron chi connectivity index (χ3n) is 5.78. The summed E-state index contributed by atoms with van der Waals surface area (Å²) in [6, 6.07) is 16.2. The second-order valence-electron chi connectivity index (χ2n) is 8.12. The van der Waals surface area contributed by atoms with Gasteiger partial charge in [-0.3, -0.25) is 9.59 Å². The van der Waals surface area contributed by atoms with Crippen LogP contribution in [-0.4, -0.2) is 68.1 Å². The molecule has 2 aromatic rings. The van der Waals surface area contributed by atoms with Gasteiger partial charge in [0, 0.05) is 38.9 Å². The molecule has 2 aromatic carbocycles. The summed E-state index contributed by atoms with van der Waals surface area (Å²) in [5.41, 5.74) is 2.65. The number of ether oxygens (including phenoxy) is 1. The van der Waals surface area contributed by atoms with Crippen molar-refractivity contribution in [3.8, 4) is 0 Å². The van der Waals surface area contributed by atoms with Crippen molar-refractivity contribution < 1.29 is 22.7 Å². The second kappa shape index (κ2) is 10.9. The monoisotopic (exact) mass is 484 g/mol. The van der Waals surface area contributed by atoms with Crippen molar-refractivity contribution in [3.63, 3.8) is 0 Å². The minimum atomic E-state index is -3.54. The van der Waals surface area contributed by atoms with E-state index in [9.17, 15) is 18.0 Å². The van der Waals surface area contributed by atoms with Gasteiger partial charge in [-0.1, -0.05) is 42.5 Å². The Hall–Kier alpha value is -3.08. The molecule has 2 aliphatic heterocycles. The van der Waals surface area contributed by atoms with Gasteiger partial charge in [-0.2, -0.15) is 9.41 Å². The lowest BCUT2D eigenvalue weighted by molar-refractivity contribution is -0.133. The van der Waals surface area contributed by atoms with E-state index in [1.807, 2.05) is 30.3 Å². The fraction of sp³-hybridized carbons (Fsp3) is 0.375. The van der Waals surface area contributed by atoms with Crippen LogP contribution in [0.4, 0.5) is 0 Å². The van der Waals surface area contributed by atoms with Crippen LogP contribution >= 0.6 is 0 Å². The lowest BCUT2D eigenvalue weighted by atomic mass is 10.1. The Morgan fingerprint density at radius 1 is 0.941 bits per heavy atom. The molecule has 9 nitrogen and oxygen atoms in total. The van der Waals surface area contributed by atoms with Gasteiger partial charge >= 0.3 is 0 Å². The van der Waals surface area contributed by atoms with E-state index in [1.165, 1.54) is 9.31 Å². The highest BCUT2D eigenvalue weighted by Gasteiger charge is 2.26. The number of sulfonamides is 1. The van der Waals surface area contributed by atoms with Crippen LogP contribution in [0.3, 0.4) is 0 Å². The molecule has 0 unspecified atom stereocenters. The molecule has 0 saturated carbocycles. The van der Waals surface area contributed by atoms with Gasteiger partial charge in [0.2, 0.25) is 21.8 Å². The fourth-order valence-electron chi connectivity index (χ4n) is 3.82. The van der Waals surface area contributed by atoms with E-state index in [0.717, 1.165) is 16.8 Å². The number of nitrogens with one attached hydrogen (secondary N) is 1. The quantitative estimate of drug-likeness (QED) is 0.614. The maximum Gasteiger partial charge on any atom is 0.243 e. The van der Waals surface area contributed by atoms with Crippen LogP contribution in [0.2, 0.25) is 0 Å². The molecule has 10 heteroatoms. The average Bonchev–Trinajstić information content (AvgIpc) is 3.38. The molecule has 1 fully saturated rings. The van der Waals surface area contributed by atoms with Crippen LogP contribution in [0.15, 0.2) is 64.6 Å². The van der Waals surface area contributed by atoms with Gasteiger partial charge in [0.1, 0.15) is 0 Å². The Labute approximate surface area is 199 Å². The van der Waals surface area contributed by atoms with E-state index < -0.39 is 10.0 Å². The molecular weight excluding hydrogens is 456 g/mol. The average molecular weight is 485 g/mol. The third-order valence-corrected chi connectivity index (χ3v) is 7.70. The SMILES string of the molecule is O=C(CCC(=O)N1CCC(c2ccccc2)=N1)NCc1ccc(S(=O)(=O)N2CCOCC2)cc1. The minimum absolute atomic E-state index is 0.0645. The molecule has 0 atom stereocenters. The summed E-state index contributed by atoms with van der Waals surface area (Å²) >= 11 is 0. The number of morpholine rings is 1. The smallest absolute Gasteiger partial charge is 0.243 e. The van der Waals surface area contributed by atoms with Crippen molar-refractivity contribution >= 4 is 27.5 Å². The zero-order valence-electron chi connectivity index (χ0n) is 18.9. The van der Waals surface area contributed by atoms with Gasteiger partial charge in [-0.15, -0.1) is 0 Å². The fourth-order valence-corrected chi connectivity index (χ4v) is 5.23. The number of carbonyl (C=O) groups excluding carboxylic acids is 2. The number of hydrazone groups is 1. The van der Waals surface area contributed by atoms with E-state index in [1.54, 1.807) is 24.3 Å². The normalized spacial score (nSPS) is 16.8. The summed E-state index contributed by atoms with van der Waals surface area (Å²) in [4.78, 5) is 24.9. The molecule has 2 heterocycles. The molecule has 0 spiro atoms. The van der Waals surface area contributed by atoms with Gasteiger partial charge < -0.3 is 10.1 Å². The van der Waals surface area contributed by atoms with Crippen molar-refractivity contribution in [1.82, 2.24) is 14.6 Å². The summed E-state index contributed by atoms with van der Waals surface area (Å²) in [5.74, 6) is -0.427. The zero-order valence-corrected chi connectivity index (χ0v) is 19.7. The summed E-state index contributed by atoms with van der Waals surface area (Å²) in [6.45, 7) is 2.24. The van der Waals surface area contributed by atoms with Gasteiger partial charge in [0.05, 0.1) is 30.4 Å². The van der Waals surface area contributed by atoms with Gasteiger partial charge in [-0.05, 0) is 23.3 Å². The Morgan fingerprint density at radius 2 is 1.65 bits per heavy atom. The van der Waals surface area contributed by atoms with Gasteiger partial charge in [-0.25, -0.2) is 13.4 Å². The first-order chi connectivity index (χ1) is 16.4. The zero-order chi connectivity index (χ0) is 24.0. The Kier molecular flexibility index (Phi) is 7.71. The topological polar surface area (TPSA) is 108 Å². The van der Waals surface area contributed by atoms with E-state index >= 15 is 0 Å². The summed E-state index contributed by atoms with van der Waals surface area (Å²) in [5, 5.41) is 8.61. The highest BCUT2D eigenvalue weighted by Crippen LogP contribution is 2.18. The van der Waals surface area contributed by atoms with Crippen LogP contribution in [0, 0.1) is 0 Å². The molecule has 1 saturated heterocycles. The molecule has 0 bridgehead atoms. The Balaban J connectivity index is 1.23. The first kappa shape index (κ1) is 24.1. The number of hydrogen-bond donors (Lipinski definition) is 1. The van der Waals surface area contributed by atoms with Crippen molar-refractivity contribution in [1.29, 1.82) is 0 Å². The molecular formula is C24H28N4O5S. The molecule has 1 N–H and O–H groups in total. The number of benzene rings is 2. The van der Waals surface area contributed by atoms with E-state index in [4.69, 9.17) is 4.74 Å². The number of amides is 2. The lowest BCUT2D eigenvalue weighted by Crippen LogP contribution is -2.40. The molecule has 34 heavy (non-hydrogen) atoms. The third kappa shape index (κ3) is 5.88. The standard InChI is InChI=1S/C24H28N4O5S/c29-23(10-11-24(30)28-13-12-22(26-28)20-4-2-1-3-5-20)25-18-19-6-8-21(9-7-19)34(31,32)27-14-16-33-17-15-27/h1-9H,10-18H2,(H,25,29). The first-order valence-corrected chi connectivity index (χ1v) is 12.7. The molecule has 2 aliphatic rings. The lowest BCUT2D eigenvalue weighted by Gasteiger charge is -2.26. The van der Waals surface area contributed by atoms with E-state index in [-0.39, 0.29) is 36.1 Å². The largest absolute Gasteiger partial charge is 0.379 e. The van der Waals surface area contributed by atoms with Crippen molar-refractivity contribution in [2.24, 2.45) is 5.10 Å². The molecule has 0 radical (unpaired) electrons. The van der Waals surface area contributed by atoms with Crippen molar-refractivity contribution in [2.45, 2.75) is 30.7 Å². The first-order valence-electron chi connectivity index (χ1n) is 11.3. The molecule has 4 rings (SSSR count). The van der Waals surface area contributed by atoms with E-state index in [0.29, 0.717) is 39.3 Å². The van der Waals surface area contributed by atoms with Crippen LogP contribution in [0.5, 0.6) is 0 Å². The maximum absolute atomic E-state index is 12.7. The Bertz CT molecular complexity index is 1140. The van der Waals surface area contributed by atoms with Crippen molar-refractivity contribution in [3.05, 3.63) is 65.7 Å². The Morgan fingerprint density at radius 3 is 2.35 bits per heavy atom. The maximum atomic E-state index is 12.7. The highest BCUT2D eigenvalue weighted by molar-refractivity contribution is 7.89. The second-order valence-corrected chi connectivity index (χ2v) is 10.1. The van der Waals surface area contributed by atoms with Crippen LogP contribution in [0.25, 0.3) is 0 Å². The van der Waals surface area contributed by atoms with E-state index in [2.05, 4.69) is 10.4 Å². The van der Waals surface area contributed by atoms with Crippen LogP contribution in [-0.2, 0) is 30.9 Å². The predicted octanol–water partition coefficient (Wildman–Crippen LogP) is 1.74. The molecule has 0 aliphatic carbocycles. The van der Waals surface area contributed by atoms with Crippen LogP contribution in [0.1, 0.15) is 30.4 Å². The summed E-state index contributed by atoms with van der Waals surface area (Å²) in [7, 11) is -3.54. The minimum Gasteiger partial charge on any atom is -0.379 e. The number of hydrogen-bond acceptors (Lipinski definition) is 6. The predicted molar refractivity (Wildman–Crippen MR) is 126 cm³/mol. The molecule has 2 amide bonds. The number of nitrogens with zero attached hydrogens (tertiary/aromatic N) is 3.